The molecule has 1 unspecified atom stereocenters. The van der Waals surface area contributed by atoms with Crippen molar-refractivity contribution in [2.24, 2.45) is 0 Å². The van der Waals surface area contributed by atoms with E-state index in [0.29, 0.717) is 6.04 Å². The molecule has 1 fully saturated rings. The molecule has 0 aliphatic heterocycles. The first-order chi connectivity index (χ1) is 8.08. The highest BCUT2D eigenvalue weighted by Gasteiger charge is 2.24. The molecule has 0 saturated heterocycles. The molecule has 6 heteroatoms. The summed E-state index contributed by atoms with van der Waals surface area (Å²) in [5.74, 6) is -0.0835. The molecule has 1 aliphatic rings. The summed E-state index contributed by atoms with van der Waals surface area (Å²) in [5.41, 5.74) is 0. The van der Waals surface area contributed by atoms with Crippen molar-refractivity contribution >= 4 is 60.7 Å². The zero-order valence-electron chi connectivity index (χ0n) is 9.01. The Morgan fingerprint density at radius 2 is 2.12 bits per heavy atom. The van der Waals surface area contributed by atoms with E-state index in [1.807, 2.05) is 6.07 Å². The molecule has 1 aromatic heterocycles. The number of halogens is 3. The molecule has 1 amide bonds. The molecule has 1 N–H and O–H groups in total. The van der Waals surface area contributed by atoms with Crippen LogP contribution in [-0.4, -0.2) is 11.9 Å². The van der Waals surface area contributed by atoms with Crippen molar-refractivity contribution in [3.8, 4) is 0 Å². The summed E-state index contributed by atoms with van der Waals surface area (Å²) in [7, 11) is 0. The number of nitrogens with one attached hydrogen (secondary N) is 1. The van der Waals surface area contributed by atoms with Gasteiger partial charge in [-0.2, -0.15) is 0 Å². The Labute approximate surface area is 126 Å². The van der Waals surface area contributed by atoms with Crippen molar-refractivity contribution in [3.63, 3.8) is 0 Å². The van der Waals surface area contributed by atoms with Crippen LogP contribution < -0.4 is 5.32 Å². The quantitative estimate of drug-likeness (QED) is 0.736. The van der Waals surface area contributed by atoms with Gasteiger partial charge in [-0.1, -0.05) is 12.8 Å². The van der Waals surface area contributed by atoms with E-state index in [1.165, 1.54) is 24.2 Å². The standard InChI is InChI=1S/C11H12Br2ClNOS/c12-7-5-8(17-10(7)13)9(14)11(16)15-6-3-1-2-4-6/h5-6,9H,1-4H2,(H,15,16). The van der Waals surface area contributed by atoms with E-state index < -0.39 is 5.38 Å². The first-order valence-electron chi connectivity index (χ1n) is 5.47. The molecular weight excluding hydrogens is 389 g/mol. The van der Waals surface area contributed by atoms with Gasteiger partial charge in [-0.25, -0.2) is 0 Å². The molecule has 2 rings (SSSR count). The fourth-order valence-corrected chi connectivity index (χ4v) is 4.29. The summed E-state index contributed by atoms with van der Waals surface area (Å²) in [6.45, 7) is 0. The minimum absolute atomic E-state index is 0.0835. The number of rotatable bonds is 3. The minimum Gasteiger partial charge on any atom is -0.352 e. The van der Waals surface area contributed by atoms with E-state index in [1.54, 1.807) is 0 Å². The fourth-order valence-electron chi connectivity index (χ4n) is 1.96. The maximum atomic E-state index is 12.0. The van der Waals surface area contributed by atoms with Gasteiger partial charge in [-0.15, -0.1) is 22.9 Å². The maximum absolute atomic E-state index is 12.0. The van der Waals surface area contributed by atoms with Crippen LogP contribution in [0.4, 0.5) is 0 Å². The average Bonchev–Trinajstić information content (AvgIpc) is 2.89. The second-order valence-electron chi connectivity index (χ2n) is 4.12. The van der Waals surface area contributed by atoms with E-state index in [-0.39, 0.29) is 5.91 Å². The van der Waals surface area contributed by atoms with Gasteiger partial charge in [0.05, 0.1) is 3.79 Å². The monoisotopic (exact) mass is 399 g/mol. The van der Waals surface area contributed by atoms with Gasteiger partial charge >= 0.3 is 0 Å². The van der Waals surface area contributed by atoms with E-state index in [2.05, 4.69) is 37.2 Å². The van der Waals surface area contributed by atoms with Crippen molar-refractivity contribution in [1.82, 2.24) is 5.32 Å². The summed E-state index contributed by atoms with van der Waals surface area (Å²) in [6, 6.07) is 2.20. The van der Waals surface area contributed by atoms with Gasteiger partial charge in [0.25, 0.3) is 0 Å². The second-order valence-corrected chi connectivity index (χ2v) is 7.82. The Morgan fingerprint density at radius 1 is 1.47 bits per heavy atom. The van der Waals surface area contributed by atoms with Crippen LogP contribution in [0.3, 0.4) is 0 Å². The Morgan fingerprint density at radius 3 is 2.65 bits per heavy atom. The van der Waals surface area contributed by atoms with E-state index >= 15 is 0 Å². The maximum Gasteiger partial charge on any atom is 0.243 e. The van der Waals surface area contributed by atoms with Gasteiger partial charge in [0.2, 0.25) is 5.91 Å². The third-order valence-corrected chi connectivity index (χ3v) is 6.73. The molecule has 1 saturated carbocycles. The van der Waals surface area contributed by atoms with Crippen LogP contribution in [0.15, 0.2) is 14.3 Å². The van der Waals surface area contributed by atoms with Crippen LogP contribution in [0.1, 0.15) is 35.9 Å². The lowest BCUT2D eigenvalue weighted by Crippen LogP contribution is -2.34. The molecule has 17 heavy (non-hydrogen) atoms. The number of amides is 1. The van der Waals surface area contributed by atoms with Gasteiger partial charge < -0.3 is 5.32 Å². The van der Waals surface area contributed by atoms with E-state index in [4.69, 9.17) is 11.6 Å². The Balaban J connectivity index is 1.98. The fraction of sp³-hybridized carbons (Fsp3) is 0.545. The van der Waals surface area contributed by atoms with Gasteiger partial charge in [-0.3, -0.25) is 4.79 Å². The molecule has 1 aromatic rings. The predicted octanol–water partition coefficient (Wildman–Crippen LogP) is 4.61. The largest absolute Gasteiger partial charge is 0.352 e. The van der Waals surface area contributed by atoms with Crippen molar-refractivity contribution < 1.29 is 4.79 Å². The molecule has 0 spiro atoms. The highest BCUT2D eigenvalue weighted by atomic mass is 79.9. The first kappa shape index (κ1) is 13.8. The molecule has 0 radical (unpaired) electrons. The number of hydrogen-bond donors (Lipinski definition) is 1. The number of carbonyl (C=O) groups excluding carboxylic acids is 1. The number of carbonyl (C=O) groups is 1. The van der Waals surface area contributed by atoms with Gasteiger partial charge in [-0.05, 0) is 50.8 Å². The predicted molar refractivity (Wildman–Crippen MR) is 78.7 cm³/mol. The lowest BCUT2D eigenvalue weighted by atomic mass is 10.2. The molecule has 2 nitrogen and oxygen atoms in total. The third-order valence-electron chi connectivity index (χ3n) is 2.85. The number of alkyl halides is 1. The lowest BCUT2D eigenvalue weighted by molar-refractivity contribution is -0.121. The first-order valence-corrected chi connectivity index (χ1v) is 8.31. The van der Waals surface area contributed by atoms with Crippen LogP contribution in [0, 0.1) is 0 Å². The summed E-state index contributed by atoms with van der Waals surface area (Å²) < 4.78 is 1.91. The second kappa shape index (κ2) is 6.04. The van der Waals surface area contributed by atoms with Crippen LogP contribution in [-0.2, 0) is 4.79 Å². The van der Waals surface area contributed by atoms with Gasteiger partial charge in [0, 0.05) is 15.4 Å². The van der Waals surface area contributed by atoms with Crippen molar-refractivity contribution in [3.05, 3.63) is 19.2 Å². The molecule has 94 valence electrons. The summed E-state index contributed by atoms with van der Waals surface area (Å²) >= 11 is 14.5. The normalized spacial score (nSPS) is 18.3. The molecule has 1 aliphatic carbocycles. The van der Waals surface area contributed by atoms with Crippen LogP contribution in [0.2, 0.25) is 0 Å². The summed E-state index contributed by atoms with van der Waals surface area (Å²) in [5, 5.41) is 2.42. The molecular formula is C11H12Br2ClNOS. The highest BCUT2D eigenvalue weighted by molar-refractivity contribution is 9.13. The van der Waals surface area contributed by atoms with E-state index in [0.717, 1.165) is 26.0 Å². The minimum atomic E-state index is -0.594. The van der Waals surface area contributed by atoms with E-state index in [9.17, 15) is 4.79 Å². The third kappa shape index (κ3) is 3.46. The molecule has 1 atom stereocenters. The number of hydrogen-bond acceptors (Lipinski definition) is 2. The highest BCUT2D eigenvalue weighted by Crippen LogP contribution is 2.37. The Kier molecular flexibility index (Phi) is 4.92. The van der Waals surface area contributed by atoms with Crippen LogP contribution in [0.25, 0.3) is 0 Å². The Bertz CT molecular complexity index is 398. The summed E-state index contributed by atoms with van der Waals surface area (Å²) in [4.78, 5) is 12.8. The molecule has 1 heterocycles. The lowest BCUT2D eigenvalue weighted by Gasteiger charge is -2.14. The van der Waals surface area contributed by atoms with Crippen molar-refractivity contribution in [2.75, 3.05) is 0 Å². The average molecular weight is 402 g/mol. The van der Waals surface area contributed by atoms with Crippen LogP contribution in [0.5, 0.6) is 0 Å². The SMILES string of the molecule is O=C(NC1CCCC1)C(Cl)c1cc(Br)c(Br)s1. The van der Waals surface area contributed by atoms with Gasteiger partial charge in [0.1, 0.15) is 5.38 Å². The Hall–Kier alpha value is 0.420. The number of thiophene rings is 1. The smallest absolute Gasteiger partial charge is 0.243 e. The molecule has 0 aromatic carbocycles. The summed E-state index contributed by atoms with van der Waals surface area (Å²) in [6.07, 6.45) is 4.56. The zero-order chi connectivity index (χ0) is 12.4. The van der Waals surface area contributed by atoms with Crippen molar-refractivity contribution in [2.45, 2.75) is 37.1 Å². The van der Waals surface area contributed by atoms with Crippen molar-refractivity contribution in [1.29, 1.82) is 0 Å². The van der Waals surface area contributed by atoms with Crippen LogP contribution >= 0.6 is 54.8 Å². The molecule has 0 bridgehead atoms. The zero-order valence-corrected chi connectivity index (χ0v) is 13.8. The van der Waals surface area contributed by atoms with Gasteiger partial charge in [0.15, 0.2) is 0 Å². The topological polar surface area (TPSA) is 29.1 Å².